The normalized spacial score (nSPS) is 11.7. The average Bonchev–Trinajstić information content (AvgIpc) is 2.55. The SMILES string of the molecule is COC(=O)[C@H](Cc1ccccc1I)NC(=O)c1ccc(F)cc1F. The van der Waals surface area contributed by atoms with Crippen LogP contribution < -0.4 is 5.32 Å². The van der Waals surface area contributed by atoms with Crippen molar-refractivity contribution in [3.63, 3.8) is 0 Å². The van der Waals surface area contributed by atoms with Gasteiger partial charge in [-0.1, -0.05) is 18.2 Å². The Morgan fingerprint density at radius 2 is 1.92 bits per heavy atom. The van der Waals surface area contributed by atoms with Crippen LogP contribution in [0.4, 0.5) is 8.78 Å². The molecule has 126 valence electrons. The number of rotatable bonds is 5. The number of esters is 1. The fourth-order valence-electron chi connectivity index (χ4n) is 2.13. The van der Waals surface area contributed by atoms with Crippen molar-refractivity contribution in [3.8, 4) is 0 Å². The average molecular weight is 445 g/mol. The summed E-state index contributed by atoms with van der Waals surface area (Å²) in [5, 5.41) is 2.44. The molecular formula is C17H14F2INO3. The summed E-state index contributed by atoms with van der Waals surface area (Å²) in [5.74, 6) is -3.24. The van der Waals surface area contributed by atoms with Gasteiger partial charge in [0.15, 0.2) is 0 Å². The number of hydrogen-bond acceptors (Lipinski definition) is 3. The van der Waals surface area contributed by atoms with Crippen LogP contribution in [-0.2, 0) is 16.0 Å². The highest BCUT2D eigenvalue weighted by atomic mass is 127. The Morgan fingerprint density at radius 1 is 1.21 bits per heavy atom. The highest BCUT2D eigenvalue weighted by molar-refractivity contribution is 14.1. The van der Waals surface area contributed by atoms with Gasteiger partial charge in [0, 0.05) is 16.1 Å². The Hall–Kier alpha value is -2.03. The minimum atomic E-state index is -0.995. The summed E-state index contributed by atoms with van der Waals surface area (Å²) in [6.07, 6.45) is 0.195. The van der Waals surface area contributed by atoms with Crippen molar-refractivity contribution in [1.29, 1.82) is 0 Å². The van der Waals surface area contributed by atoms with Crippen molar-refractivity contribution in [3.05, 3.63) is 68.8 Å². The molecule has 1 atom stereocenters. The van der Waals surface area contributed by atoms with E-state index in [0.29, 0.717) is 6.07 Å². The largest absolute Gasteiger partial charge is 0.467 e. The maximum Gasteiger partial charge on any atom is 0.328 e. The van der Waals surface area contributed by atoms with Crippen molar-refractivity contribution in [2.45, 2.75) is 12.5 Å². The Kier molecular flexibility index (Phi) is 6.24. The van der Waals surface area contributed by atoms with E-state index in [0.717, 1.165) is 21.3 Å². The molecular weight excluding hydrogens is 431 g/mol. The Bertz CT molecular complexity index is 767. The zero-order chi connectivity index (χ0) is 17.7. The molecule has 1 N–H and O–H groups in total. The van der Waals surface area contributed by atoms with Gasteiger partial charge in [0.05, 0.1) is 12.7 Å². The van der Waals surface area contributed by atoms with E-state index in [1.54, 1.807) is 0 Å². The molecule has 0 saturated heterocycles. The topological polar surface area (TPSA) is 55.4 Å². The molecule has 2 aromatic rings. The Balaban J connectivity index is 2.21. The molecule has 0 aromatic heterocycles. The van der Waals surface area contributed by atoms with E-state index in [2.05, 4.69) is 27.9 Å². The van der Waals surface area contributed by atoms with Crippen molar-refractivity contribution < 1.29 is 23.1 Å². The van der Waals surface area contributed by atoms with Gasteiger partial charge in [-0.3, -0.25) is 4.79 Å². The van der Waals surface area contributed by atoms with Gasteiger partial charge in [-0.25, -0.2) is 13.6 Å². The second-order valence-corrected chi connectivity index (χ2v) is 6.13. The molecule has 0 fully saturated rings. The number of halogens is 3. The second-order valence-electron chi connectivity index (χ2n) is 4.97. The first-order valence-electron chi connectivity index (χ1n) is 6.99. The summed E-state index contributed by atoms with van der Waals surface area (Å²) in [6, 6.07) is 8.99. The van der Waals surface area contributed by atoms with E-state index in [-0.39, 0.29) is 12.0 Å². The van der Waals surface area contributed by atoms with E-state index >= 15 is 0 Å². The second kappa shape index (κ2) is 8.18. The standard InChI is InChI=1S/C17H14F2INO3/c1-24-17(23)15(8-10-4-2-3-5-14(10)20)21-16(22)12-7-6-11(18)9-13(12)19/h2-7,9,15H,8H2,1H3,(H,21,22)/t15-/m0/s1. The molecule has 7 heteroatoms. The third kappa shape index (κ3) is 4.50. The van der Waals surface area contributed by atoms with E-state index in [1.165, 1.54) is 7.11 Å². The molecule has 0 aliphatic heterocycles. The monoisotopic (exact) mass is 445 g/mol. The molecule has 0 saturated carbocycles. The van der Waals surface area contributed by atoms with E-state index in [9.17, 15) is 18.4 Å². The fourth-order valence-corrected chi connectivity index (χ4v) is 2.74. The summed E-state index contributed by atoms with van der Waals surface area (Å²) in [7, 11) is 1.20. The first-order valence-corrected chi connectivity index (χ1v) is 8.07. The fraction of sp³-hybridized carbons (Fsp3) is 0.176. The third-order valence-corrected chi connectivity index (χ3v) is 4.40. The quantitative estimate of drug-likeness (QED) is 0.569. The van der Waals surface area contributed by atoms with Crippen LogP contribution in [0.25, 0.3) is 0 Å². The lowest BCUT2D eigenvalue weighted by atomic mass is 10.1. The van der Waals surface area contributed by atoms with E-state index in [4.69, 9.17) is 4.74 Å². The molecule has 1 amide bonds. The molecule has 0 radical (unpaired) electrons. The van der Waals surface area contributed by atoms with Crippen LogP contribution >= 0.6 is 22.6 Å². The molecule has 0 aliphatic carbocycles. The van der Waals surface area contributed by atoms with E-state index < -0.39 is 29.6 Å². The summed E-state index contributed by atoms with van der Waals surface area (Å²) >= 11 is 2.12. The Labute approximate surface area is 151 Å². The smallest absolute Gasteiger partial charge is 0.328 e. The number of methoxy groups -OCH3 is 1. The molecule has 0 heterocycles. The summed E-state index contributed by atoms with van der Waals surface area (Å²) in [4.78, 5) is 24.1. The summed E-state index contributed by atoms with van der Waals surface area (Å²) in [6.45, 7) is 0. The third-order valence-electron chi connectivity index (χ3n) is 3.35. The lowest BCUT2D eigenvalue weighted by Crippen LogP contribution is -2.43. The minimum absolute atomic E-state index is 0.195. The predicted molar refractivity (Wildman–Crippen MR) is 92.5 cm³/mol. The van der Waals surface area contributed by atoms with Gasteiger partial charge in [-0.15, -0.1) is 0 Å². The highest BCUT2D eigenvalue weighted by Crippen LogP contribution is 2.15. The van der Waals surface area contributed by atoms with Gasteiger partial charge in [0.25, 0.3) is 5.91 Å². The van der Waals surface area contributed by atoms with Crippen molar-refractivity contribution >= 4 is 34.5 Å². The molecule has 24 heavy (non-hydrogen) atoms. The van der Waals surface area contributed by atoms with Gasteiger partial charge in [0.2, 0.25) is 0 Å². The number of carbonyl (C=O) groups excluding carboxylic acids is 2. The first-order chi connectivity index (χ1) is 11.4. The van der Waals surface area contributed by atoms with E-state index in [1.807, 2.05) is 24.3 Å². The summed E-state index contributed by atoms with van der Waals surface area (Å²) in [5.41, 5.74) is 0.501. The van der Waals surface area contributed by atoms with Crippen LogP contribution in [0.1, 0.15) is 15.9 Å². The lowest BCUT2D eigenvalue weighted by molar-refractivity contribution is -0.142. The number of benzene rings is 2. The van der Waals surface area contributed by atoms with Gasteiger partial charge >= 0.3 is 5.97 Å². The number of amides is 1. The lowest BCUT2D eigenvalue weighted by Gasteiger charge is -2.17. The molecule has 0 spiro atoms. The number of hydrogen-bond donors (Lipinski definition) is 1. The van der Waals surface area contributed by atoms with Crippen molar-refractivity contribution in [2.75, 3.05) is 7.11 Å². The minimum Gasteiger partial charge on any atom is -0.467 e. The van der Waals surface area contributed by atoms with Crippen LogP contribution in [0.2, 0.25) is 0 Å². The number of ether oxygens (including phenoxy) is 1. The van der Waals surface area contributed by atoms with Crippen molar-refractivity contribution in [1.82, 2.24) is 5.32 Å². The zero-order valence-corrected chi connectivity index (χ0v) is 14.8. The van der Waals surface area contributed by atoms with Crippen LogP contribution in [0, 0.1) is 15.2 Å². The highest BCUT2D eigenvalue weighted by Gasteiger charge is 2.24. The first kappa shape index (κ1) is 18.3. The maximum atomic E-state index is 13.7. The van der Waals surface area contributed by atoms with Gasteiger partial charge in [-0.05, 0) is 46.4 Å². The molecule has 0 aliphatic rings. The Morgan fingerprint density at radius 3 is 2.54 bits per heavy atom. The van der Waals surface area contributed by atoms with Crippen LogP contribution in [0.15, 0.2) is 42.5 Å². The summed E-state index contributed by atoms with van der Waals surface area (Å²) < 4.78 is 32.3. The van der Waals surface area contributed by atoms with Gasteiger partial charge in [-0.2, -0.15) is 0 Å². The molecule has 0 bridgehead atoms. The zero-order valence-electron chi connectivity index (χ0n) is 12.7. The maximum absolute atomic E-state index is 13.7. The molecule has 0 unspecified atom stereocenters. The van der Waals surface area contributed by atoms with Crippen LogP contribution in [0.5, 0.6) is 0 Å². The van der Waals surface area contributed by atoms with Crippen molar-refractivity contribution in [2.24, 2.45) is 0 Å². The molecule has 2 rings (SSSR count). The molecule has 2 aromatic carbocycles. The van der Waals surface area contributed by atoms with Gasteiger partial charge < -0.3 is 10.1 Å². The van der Waals surface area contributed by atoms with Crippen LogP contribution in [0.3, 0.4) is 0 Å². The number of nitrogens with one attached hydrogen (secondary N) is 1. The van der Waals surface area contributed by atoms with Crippen LogP contribution in [-0.4, -0.2) is 25.0 Å². The molecule has 4 nitrogen and oxygen atoms in total. The predicted octanol–water partition coefficient (Wildman–Crippen LogP) is 3.08. The number of carbonyl (C=O) groups is 2. The van der Waals surface area contributed by atoms with Gasteiger partial charge in [0.1, 0.15) is 17.7 Å².